The molecule has 0 spiro atoms. The Morgan fingerprint density at radius 2 is 2.07 bits per heavy atom. The van der Waals surface area contributed by atoms with Crippen molar-refractivity contribution in [2.24, 2.45) is 0 Å². The summed E-state index contributed by atoms with van der Waals surface area (Å²) in [4.78, 5) is 18.0. The van der Waals surface area contributed by atoms with Crippen LogP contribution in [0, 0.1) is 0 Å². The van der Waals surface area contributed by atoms with Crippen molar-refractivity contribution in [3.8, 4) is 11.3 Å². The Morgan fingerprint density at radius 1 is 1.27 bits per heavy atom. The predicted octanol–water partition coefficient (Wildman–Crippen LogP) is 2.74. The third kappa shape index (κ3) is 2.03. The van der Waals surface area contributed by atoms with Gasteiger partial charge in [-0.2, -0.15) is 0 Å². The van der Waals surface area contributed by atoms with Crippen molar-refractivity contribution in [2.75, 3.05) is 0 Å². The third-order valence-corrected chi connectivity index (χ3v) is 2.46. The van der Waals surface area contributed by atoms with Crippen LogP contribution in [0.3, 0.4) is 0 Å². The number of aromatic nitrogens is 2. The molecule has 0 amide bonds. The van der Waals surface area contributed by atoms with E-state index in [2.05, 4.69) is 9.97 Å². The van der Waals surface area contributed by atoms with Crippen molar-refractivity contribution in [1.29, 1.82) is 0 Å². The number of hydrogen-bond donors (Lipinski definition) is 1. The van der Waals surface area contributed by atoms with E-state index in [1.807, 2.05) is 0 Å². The molecule has 76 valence electrons. The van der Waals surface area contributed by atoms with Gasteiger partial charge in [-0.15, -0.1) is 0 Å². The summed E-state index contributed by atoms with van der Waals surface area (Å²) in [6.45, 7) is 0. The summed E-state index contributed by atoms with van der Waals surface area (Å²) < 4.78 is 0. The van der Waals surface area contributed by atoms with Gasteiger partial charge in [-0.3, -0.25) is 4.79 Å². The van der Waals surface area contributed by atoms with Crippen LogP contribution >= 0.6 is 23.2 Å². The molecule has 1 N–H and O–H groups in total. The molecule has 0 unspecified atom stereocenters. The summed E-state index contributed by atoms with van der Waals surface area (Å²) in [7, 11) is 0. The number of halogens is 2. The van der Waals surface area contributed by atoms with E-state index in [9.17, 15) is 4.79 Å². The second-order valence-electron chi connectivity index (χ2n) is 2.89. The van der Waals surface area contributed by atoms with E-state index < -0.39 is 0 Å². The molecule has 1 aromatic carbocycles. The minimum Gasteiger partial charge on any atom is -0.326 e. The largest absolute Gasteiger partial charge is 0.326 e. The predicted molar refractivity (Wildman–Crippen MR) is 60.3 cm³/mol. The zero-order valence-corrected chi connectivity index (χ0v) is 9.01. The van der Waals surface area contributed by atoms with E-state index in [-0.39, 0.29) is 11.3 Å². The average molecular weight is 241 g/mol. The Morgan fingerprint density at radius 3 is 2.80 bits per heavy atom. The van der Waals surface area contributed by atoms with Gasteiger partial charge in [0, 0.05) is 23.0 Å². The van der Waals surface area contributed by atoms with Gasteiger partial charge in [0.25, 0.3) is 5.56 Å². The smallest absolute Gasteiger partial charge is 0.274 e. The van der Waals surface area contributed by atoms with Gasteiger partial charge in [-0.05, 0) is 18.2 Å². The fourth-order valence-corrected chi connectivity index (χ4v) is 1.60. The van der Waals surface area contributed by atoms with Crippen LogP contribution in [-0.4, -0.2) is 9.97 Å². The van der Waals surface area contributed by atoms with Crippen LogP contribution in [0.2, 0.25) is 10.0 Å². The maximum atomic E-state index is 11.5. The van der Waals surface area contributed by atoms with Gasteiger partial charge >= 0.3 is 0 Å². The van der Waals surface area contributed by atoms with Gasteiger partial charge in [-0.1, -0.05) is 23.2 Å². The maximum Gasteiger partial charge on any atom is 0.274 e. The van der Waals surface area contributed by atoms with E-state index in [1.54, 1.807) is 18.2 Å². The molecule has 3 nitrogen and oxygen atoms in total. The molecule has 2 aromatic rings. The first-order valence-electron chi connectivity index (χ1n) is 4.17. The van der Waals surface area contributed by atoms with Crippen LogP contribution in [0.15, 0.2) is 35.4 Å². The quantitative estimate of drug-likeness (QED) is 0.834. The summed E-state index contributed by atoms with van der Waals surface area (Å²) in [5.41, 5.74) is 0.512. The van der Waals surface area contributed by atoms with Gasteiger partial charge < -0.3 is 4.98 Å². The van der Waals surface area contributed by atoms with E-state index in [1.165, 1.54) is 12.4 Å². The minimum atomic E-state index is -0.290. The van der Waals surface area contributed by atoms with Crippen LogP contribution < -0.4 is 5.56 Å². The molecule has 2 rings (SSSR count). The lowest BCUT2D eigenvalue weighted by Gasteiger charge is -2.02. The summed E-state index contributed by atoms with van der Waals surface area (Å²) in [5.74, 6) is 0. The first kappa shape index (κ1) is 10.2. The van der Waals surface area contributed by atoms with Crippen molar-refractivity contribution >= 4 is 23.2 Å². The molecule has 0 atom stereocenters. The SMILES string of the molecule is O=c1[nH]ccnc1-c1cc(Cl)ccc1Cl. The summed E-state index contributed by atoms with van der Waals surface area (Å²) >= 11 is 11.8. The number of rotatable bonds is 1. The molecule has 0 radical (unpaired) electrons. The topological polar surface area (TPSA) is 45.8 Å². The molecule has 15 heavy (non-hydrogen) atoms. The number of aromatic amines is 1. The van der Waals surface area contributed by atoms with Gasteiger partial charge in [0.15, 0.2) is 0 Å². The molecule has 0 bridgehead atoms. The zero-order valence-electron chi connectivity index (χ0n) is 7.50. The fourth-order valence-electron chi connectivity index (χ4n) is 1.22. The summed E-state index contributed by atoms with van der Waals surface area (Å²) in [6.07, 6.45) is 2.96. The average Bonchev–Trinajstić information content (AvgIpc) is 2.23. The molecule has 0 saturated heterocycles. The second-order valence-corrected chi connectivity index (χ2v) is 3.73. The van der Waals surface area contributed by atoms with Crippen LogP contribution in [0.4, 0.5) is 0 Å². The lowest BCUT2D eigenvalue weighted by molar-refractivity contribution is 1.14. The number of nitrogens with zero attached hydrogens (tertiary/aromatic N) is 1. The van der Waals surface area contributed by atoms with Gasteiger partial charge in [0.1, 0.15) is 5.69 Å². The van der Waals surface area contributed by atoms with E-state index >= 15 is 0 Å². The Balaban J connectivity index is 2.69. The molecule has 5 heteroatoms. The Bertz CT molecular complexity index is 551. The van der Waals surface area contributed by atoms with Crippen LogP contribution in [0.1, 0.15) is 0 Å². The third-order valence-electron chi connectivity index (χ3n) is 1.89. The molecule has 0 saturated carbocycles. The second kappa shape index (κ2) is 4.04. The molecule has 1 heterocycles. The van der Waals surface area contributed by atoms with Gasteiger partial charge in [0.2, 0.25) is 0 Å². The highest BCUT2D eigenvalue weighted by Crippen LogP contribution is 2.26. The maximum absolute atomic E-state index is 11.5. The monoisotopic (exact) mass is 240 g/mol. The van der Waals surface area contributed by atoms with Crippen LogP contribution in [0.5, 0.6) is 0 Å². The first-order valence-corrected chi connectivity index (χ1v) is 4.93. The van der Waals surface area contributed by atoms with Crippen molar-refractivity contribution in [2.45, 2.75) is 0 Å². The first-order chi connectivity index (χ1) is 7.18. The standard InChI is InChI=1S/C10H6Cl2N2O/c11-6-1-2-8(12)7(5-6)9-10(15)14-4-3-13-9/h1-5H,(H,14,15). The van der Waals surface area contributed by atoms with E-state index in [4.69, 9.17) is 23.2 Å². The van der Waals surface area contributed by atoms with Crippen molar-refractivity contribution in [3.63, 3.8) is 0 Å². The lowest BCUT2D eigenvalue weighted by atomic mass is 10.1. The molecular formula is C10H6Cl2N2O. The van der Waals surface area contributed by atoms with Crippen molar-refractivity contribution in [1.82, 2.24) is 9.97 Å². The molecular weight excluding hydrogens is 235 g/mol. The van der Waals surface area contributed by atoms with E-state index in [0.29, 0.717) is 15.6 Å². The van der Waals surface area contributed by atoms with Crippen LogP contribution in [0.25, 0.3) is 11.3 Å². The fraction of sp³-hybridized carbons (Fsp3) is 0. The molecule has 1 aromatic heterocycles. The number of hydrogen-bond acceptors (Lipinski definition) is 2. The zero-order chi connectivity index (χ0) is 10.8. The summed E-state index contributed by atoms with van der Waals surface area (Å²) in [5, 5.41) is 0.961. The molecule has 0 aliphatic rings. The minimum absolute atomic E-state index is 0.269. The highest BCUT2D eigenvalue weighted by Gasteiger charge is 2.08. The highest BCUT2D eigenvalue weighted by atomic mass is 35.5. The normalized spacial score (nSPS) is 10.3. The van der Waals surface area contributed by atoms with Crippen molar-refractivity contribution < 1.29 is 0 Å². The summed E-state index contributed by atoms with van der Waals surface area (Å²) in [6, 6.07) is 4.90. The number of nitrogens with one attached hydrogen (secondary N) is 1. The highest BCUT2D eigenvalue weighted by molar-refractivity contribution is 6.35. The molecule has 0 fully saturated rings. The van der Waals surface area contributed by atoms with Crippen LogP contribution in [-0.2, 0) is 0 Å². The Hall–Kier alpha value is -1.32. The number of benzene rings is 1. The van der Waals surface area contributed by atoms with E-state index in [0.717, 1.165) is 0 Å². The Labute approximate surface area is 95.7 Å². The number of H-pyrrole nitrogens is 1. The molecule has 0 aliphatic heterocycles. The Kier molecular flexibility index (Phi) is 2.75. The molecule has 0 aliphatic carbocycles. The van der Waals surface area contributed by atoms with Crippen molar-refractivity contribution in [3.05, 3.63) is 51.0 Å². The lowest BCUT2D eigenvalue weighted by Crippen LogP contribution is -2.09. The van der Waals surface area contributed by atoms with Gasteiger partial charge in [-0.25, -0.2) is 4.98 Å². The van der Waals surface area contributed by atoms with Gasteiger partial charge in [0.05, 0.1) is 5.02 Å².